The van der Waals surface area contributed by atoms with Crippen molar-refractivity contribution >= 4 is 63.9 Å². The van der Waals surface area contributed by atoms with E-state index in [-0.39, 0.29) is 57.9 Å². The van der Waals surface area contributed by atoms with Gasteiger partial charge in [0.1, 0.15) is 17.2 Å². The number of aromatic hydroxyl groups is 2. The van der Waals surface area contributed by atoms with Gasteiger partial charge in [-0.1, -0.05) is 35.3 Å². The molecule has 0 atom stereocenters. The first-order chi connectivity index (χ1) is 17.2. The number of amides is 3. The lowest BCUT2D eigenvalue weighted by molar-refractivity contribution is 0.0927. The van der Waals surface area contributed by atoms with Crippen LogP contribution >= 0.6 is 46.2 Å². The van der Waals surface area contributed by atoms with Crippen LogP contribution in [0.3, 0.4) is 0 Å². The van der Waals surface area contributed by atoms with E-state index in [4.69, 9.17) is 26.3 Å². The molecule has 12 heteroatoms. The van der Waals surface area contributed by atoms with Crippen molar-refractivity contribution in [3.8, 4) is 17.2 Å². The van der Waals surface area contributed by atoms with Gasteiger partial charge in [-0.25, -0.2) is 0 Å². The summed E-state index contributed by atoms with van der Waals surface area (Å²) in [4.78, 5) is 37.3. The Morgan fingerprint density at radius 1 is 0.778 bits per heavy atom. The molecule has 0 aliphatic heterocycles. The van der Waals surface area contributed by atoms with Gasteiger partial charge < -0.3 is 29.2 Å². The molecule has 0 saturated heterocycles. The first-order valence-corrected chi connectivity index (χ1v) is 12.1. The Bertz CT molecular complexity index is 1280. The normalized spacial score (nSPS) is 10.4. The van der Waals surface area contributed by atoms with Crippen molar-refractivity contribution in [2.75, 3.05) is 13.1 Å². The molecule has 0 aliphatic rings. The number of hydrogen-bond donors (Lipinski definition) is 5. The Morgan fingerprint density at radius 3 is 2.03 bits per heavy atom. The zero-order valence-corrected chi connectivity index (χ0v) is 22.1. The monoisotopic (exact) mass is 643 g/mol. The summed E-state index contributed by atoms with van der Waals surface area (Å²) in [5.74, 6) is -1.23. The molecule has 9 nitrogen and oxygen atoms in total. The molecule has 0 aromatic heterocycles. The number of phenolic OH excluding ortho intramolecular Hbond substituents is 2. The third kappa shape index (κ3) is 7.39. The maximum Gasteiger partial charge on any atom is 0.254 e. The molecule has 3 aromatic rings. The van der Waals surface area contributed by atoms with Crippen LogP contribution < -0.4 is 19.0 Å². The van der Waals surface area contributed by atoms with Gasteiger partial charge in [0, 0.05) is 36.8 Å². The van der Waals surface area contributed by atoms with E-state index in [1.807, 2.05) is 0 Å². The molecule has 0 radical (unpaired) electrons. The largest absolute Gasteiger partial charge is 0.508 e. The maximum atomic E-state index is 12.6. The molecule has 3 aromatic carbocycles. The lowest BCUT2D eigenvalue weighted by Gasteiger charge is -2.12. The van der Waals surface area contributed by atoms with Crippen molar-refractivity contribution in [2.24, 2.45) is 0 Å². The zero-order valence-electron chi connectivity index (χ0n) is 18.5. The van der Waals surface area contributed by atoms with Crippen LogP contribution in [0, 0.1) is 0 Å². The highest BCUT2D eigenvalue weighted by atomic mass is 127. The van der Waals surface area contributed by atoms with Gasteiger partial charge in [-0.2, -0.15) is 0 Å². The highest BCUT2D eigenvalue weighted by Crippen LogP contribution is 2.27. The lowest BCUT2D eigenvalue weighted by atomic mass is 10.1. The number of halogens is 3. The average Bonchev–Trinajstić information content (AvgIpc) is 2.84. The van der Waals surface area contributed by atoms with Crippen molar-refractivity contribution in [2.45, 2.75) is 6.54 Å². The van der Waals surface area contributed by atoms with E-state index < -0.39 is 17.7 Å². The zero-order chi connectivity index (χ0) is 26.2. The van der Waals surface area contributed by atoms with Gasteiger partial charge in [0.2, 0.25) is 0 Å². The molecule has 0 unspecified atom stereocenters. The SMILES string of the molecule is O=C(NCCNC(=O)c1c(Cl)cc(C(=O)NCc2cccc(O)c2)cc1Cl)c1cc(O)cc(OI)c1. The minimum absolute atomic E-state index is 0.00832. The standard InChI is InChI=1S/C24H20Cl2IN3O6/c25-19-9-15(23(34)30-12-13-2-1-3-16(31)6-13)10-20(26)21(19)24(35)29-5-4-28-22(33)14-7-17(32)11-18(8-14)36-27/h1-3,6-11,31-32H,4-5,12H2,(H,28,33)(H,29,35)(H,30,34). The summed E-state index contributed by atoms with van der Waals surface area (Å²) in [6.45, 7) is 0.328. The molecule has 36 heavy (non-hydrogen) atoms. The molecule has 0 bridgehead atoms. The summed E-state index contributed by atoms with van der Waals surface area (Å²) in [6.07, 6.45) is 0. The number of nitrogens with one attached hydrogen (secondary N) is 3. The number of hydrogen-bond acceptors (Lipinski definition) is 6. The van der Waals surface area contributed by atoms with E-state index in [1.165, 1.54) is 42.5 Å². The van der Waals surface area contributed by atoms with Crippen LogP contribution in [-0.4, -0.2) is 41.0 Å². The second kappa shape index (κ2) is 12.7. The van der Waals surface area contributed by atoms with Gasteiger partial charge >= 0.3 is 0 Å². The van der Waals surface area contributed by atoms with Gasteiger partial charge in [-0.3, -0.25) is 14.4 Å². The van der Waals surface area contributed by atoms with Gasteiger partial charge in [0.05, 0.1) is 15.6 Å². The van der Waals surface area contributed by atoms with Gasteiger partial charge in [0.15, 0.2) is 23.0 Å². The predicted molar refractivity (Wildman–Crippen MR) is 143 cm³/mol. The third-order valence-electron chi connectivity index (χ3n) is 4.83. The Balaban J connectivity index is 1.54. The fraction of sp³-hybridized carbons (Fsp3) is 0.125. The van der Waals surface area contributed by atoms with Crippen molar-refractivity contribution in [3.63, 3.8) is 0 Å². The topological polar surface area (TPSA) is 137 Å². The number of carbonyl (C=O) groups is 3. The van der Waals surface area contributed by atoms with Gasteiger partial charge in [0.25, 0.3) is 17.7 Å². The van der Waals surface area contributed by atoms with Crippen LogP contribution in [0.5, 0.6) is 17.2 Å². The lowest BCUT2D eigenvalue weighted by Crippen LogP contribution is -2.35. The number of rotatable bonds is 9. The van der Waals surface area contributed by atoms with Crippen molar-refractivity contribution in [1.82, 2.24) is 16.0 Å². The summed E-state index contributed by atoms with van der Waals surface area (Å²) >= 11 is 14.1. The molecule has 0 heterocycles. The first-order valence-electron chi connectivity index (χ1n) is 10.4. The van der Waals surface area contributed by atoms with E-state index in [0.29, 0.717) is 11.3 Å². The van der Waals surface area contributed by atoms with Crippen LogP contribution in [-0.2, 0) is 6.54 Å². The van der Waals surface area contributed by atoms with Gasteiger partial charge in [-0.15, -0.1) is 0 Å². The van der Waals surface area contributed by atoms with Crippen LogP contribution in [0.4, 0.5) is 0 Å². The summed E-state index contributed by atoms with van der Waals surface area (Å²) in [7, 11) is 0. The Morgan fingerprint density at radius 2 is 1.39 bits per heavy atom. The maximum absolute atomic E-state index is 12.6. The Hall–Kier alpha value is -3.22. The van der Waals surface area contributed by atoms with E-state index in [0.717, 1.165) is 0 Å². The fourth-order valence-electron chi connectivity index (χ4n) is 3.17. The second-order valence-electron chi connectivity index (χ2n) is 7.47. The summed E-state index contributed by atoms with van der Waals surface area (Å²) in [5.41, 5.74) is 1.05. The van der Waals surface area contributed by atoms with E-state index >= 15 is 0 Å². The summed E-state index contributed by atoms with van der Waals surface area (Å²) in [5, 5.41) is 27.0. The molecule has 3 rings (SSSR count). The fourth-order valence-corrected chi connectivity index (χ4v) is 4.09. The first kappa shape index (κ1) is 27.4. The summed E-state index contributed by atoms with van der Waals surface area (Å²) < 4.78 is 4.99. The highest BCUT2D eigenvalue weighted by molar-refractivity contribution is 14.1. The van der Waals surface area contributed by atoms with Crippen molar-refractivity contribution in [1.29, 1.82) is 0 Å². The predicted octanol–water partition coefficient (Wildman–Crippen LogP) is 4.22. The van der Waals surface area contributed by atoms with Crippen LogP contribution in [0.2, 0.25) is 10.0 Å². The minimum atomic E-state index is -0.580. The molecule has 0 fully saturated rings. The smallest absolute Gasteiger partial charge is 0.254 e. The van der Waals surface area contributed by atoms with E-state index in [9.17, 15) is 24.6 Å². The quantitative estimate of drug-likeness (QED) is 0.175. The Kier molecular flexibility index (Phi) is 9.62. The second-order valence-corrected chi connectivity index (χ2v) is 8.73. The average molecular weight is 644 g/mol. The van der Waals surface area contributed by atoms with Crippen molar-refractivity contribution in [3.05, 3.63) is 86.9 Å². The van der Waals surface area contributed by atoms with Crippen LogP contribution in [0.1, 0.15) is 36.6 Å². The molecule has 0 aliphatic carbocycles. The highest BCUT2D eigenvalue weighted by Gasteiger charge is 2.18. The summed E-state index contributed by atoms with van der Waals surface area (Å²) in [6, 6.07) is 13.2. The number of carbonyl (C=O) groups excluding carboxylic acids is 3. The molecular formula is C24H20Cl2IN3O6. The van der Waals surface area contributed by atoms with E-state index in [2.05, 4.69) is 16.0 Å². The van der Waals surface area contributed by atoms with Crippen molar-refractivity contribution < 1.29 is 27.7 Å². The molecule has 0 saturated carbocycles. The van der Waals surface area contributed by atoms with E-state index in [1.54, 1.807) is 35.1 Å². The molecule has 3 amide bonds. The molecular weight excluding hydrogens is 624 g/mol. The molecule has 5 N–H and O–H groups in total. The Labute approximate surface area is 230 Å². The van der Waals surface area contributed by atoms with Crippen LogP contribution in [0.25, 0.3) is 0 Å². The molecule has 0 spiro atoms. The third-order valence-corrected chi connectivity index (χ3v) is 5.94. The van der Waals surface area contributed by atoms with Crippen LogP contribution in [0.15, 0.2) is 54.6 Å². The number of phenols is 2. The van der Waals surface area contributed by atoms with Gasteiger partial charge in [-0.05, 0) is 42.0 Å². The minimum Gasteiger partial charge on any atom is -0.508 e. The number of benzene rings is 3. The molecule has 188 valence electrons.